The summed E-state index contributed by atoms with van der Waals surface area (Å²) >= 11 is 0. The lowest BCUT2D eigenvalue weighted by Crippen LogP contribution is -2.28. The zero-order valence-corrected chi connectivity index (χ0v) is 17.5. The highest BCUT2D eigenvalue weighted by atomic mass is 19.1. The molecule has 4 rings (SSSR count). The lowest BCUT2D eigenvalue weighted by Gasteiger charge is -2.23. The van der Waals surface area contributed by atoms with Crippen LogP contribution in [-0.4, -0.2) is 54.9 Å². The lowest BCUT2D eigenvalue weighted by molar-refractivity contribution is 0.0791. The van der Waals surface area contributed by atoms with Crippen molar-refractivity contribution in [3.8, 4) is 28.5 Å². The number of methoxy groups -OCH3 is 1. The van der Waals surface area contributed by atoms with Crippen LogP contribution in [0.3, 0.4) is 0 Å². The summed E-state index contributed by atoms with van der Waals surface area (Å²) in [4.78, 5) is 14.5. The van der Waals surface area contributed by atoms with Crippen molar-refractivity contribution in [1.29, 1.82) is 0 Å². The Morgan fingerprint density at radius 3 is 2.87 bits per heavy atom. The van der Waals surface area contributed by atoms with Crippen LogP contribution in [0.1, 0.15) is 22.5 Å². The summed E-state index contributed by atoms with van der Waals surface area (Å²) in [6.45, 7) is 1.44. The Labute approximate surface area is 179 Å². The average molecular weight is 425 g/mol. The predicted molar refractivity (Wildman–Crippen MR) is 113 cm³/mol. The van der Waals surface area contributed by atoms with Crippen molar-refractivity contribution in [3.05, 3.63) is 59.5 Å². The molecule has 2 heterocycles. The Kier molecular flexibility index (Phi) is 6.06. The summed E-state index contributed by atoms with van der Waals surface area (Å²) in [5, 5.41) is 7.24. The van der Waals surface area contributed by atoms with Crippen LogP contribution in [0.15, 0.2) is 42.5 Å². The van der Waals surface area contributed by atoms with E-state index in [2.05, 4.69) is 10.2 Å². The fourth-order valence-corrected chi connectivity index (χ4v) is 3.51. The van der Waals surface area contributed by atoms with Gasteiger partial charge < -0.3 is 19.1 Å². The number of aryl methyl sites for hydroxylation is 1. The zero-order valence-electron chi connectivity index (χ0n) is 17.5. The van der Waals surface area contributed by atoms with Crippen LogP contribution < -0.4 is 14.2 Å². The molecule has 0 spiro atoms. The molecular weight excluding hydrogens is 401 g/mol. The van der Waals surface area contributed by atoms with Crippen molar-refractivity contribution in [1.82, 2.24) is 15.1 Å². The number of H-pyrrole nitrogens is 1. The van der Waals surface area contributed by atoms with Crippen LogP contribution in [0, 0.1) is 5.82 Å². The molecule has 7 nitrogen and oxygen atoms in total. The molecule has 1 aromatic heterocycles. The number of carbonyl (C=O) groups is 1. The van der Waals surface area contributed by atoms with Gasteiger partial charge in [-0.1, -0.05) is 12.1 Å². The monoisotopic (exact) mass is 425 g/mol. The molecule has 8 heteroatoms. The molecular formula is C23H24FN3O4. The van der Waals surface area contributed by atoms with Gasteiger partial charge in [-0.05, 0) is 43.2 Å². The van der Waals surface area contributed by atoms with Gasteiger partial charge in [-0.2, -0.15) is 5.10 Å². The van der Waals surface area contributed by atoms with E-state index in [1.165, 1.54) is 19.2 Å². The van der Waals surface area contributed by atoms with E-state index >= 15 is 0 Å². The van der Waals surface area contributed by atoms with Crippen LogP contribution >= 0.6 is 0 Å². The number of benzene rings is 2. The maximum Gasteiger partial charge on any atom is 0.253 e. The number of hydrogen-bond acceptors (Lipinski definition) is 5. The van der Waals surface area contributed by atoms with Crippen LogP contribution in [0.2, 0.25) is 0 Å². The molecule has 0 radical (unpaired) electrons. The highest BCUT2D eigenvalue weighted by Gasteiger charge is 2.22. The molecule has 0 saturated carbocycles. The quantitative estimate of drug-likeness (QED) is 0.625. The molecule has 0 atom stereocenters. The van der Waals surface area contributed by atoms with Gasteiger partial charge in [0.1, 0.15) is 19.0 Å². The minimum atomic E-state index is -0.294. The van der Waals surface area contributed by atoms with Gasteiger partial charge in [-0.25, -0.2) is 4.39 Å². The first kappa shape index (κ1) is 20.7. The normalized spacial score (nSPS) is 12.5. The third-order valence-corrected chi connectivity index (χ3v) is 5.11. The Balaban J connectivity index is 1.36. The summed E-state index contributed by atoms with van der Waals surface area (Å²) < 4.78 is 30.0. The van der Waals surface area contributed by atoms with E-state index in [9.17, 15) is 9.18 Å². The standard InChI is InChI=1S/C23H24FN3O4/c1-27(23(28)16-12-20(29-2)22-21(13-16)30-9-10-31-22)8-4-7-18-14-19(26-25-18)15-5-3-6-17(24)11-15/h3,5-6,11-14H,4,7-10H2,1-2H3,(H,25,26). The van der Waals surface area contributed by atoms with Gasteiger partial charge in [0.25, 0.3) is 5.91 Å². The van der Waals surface area contributed by atoms with Crippen LogP contribution in [0.25, 0.3) is 11.3 Å². The zero-order chi connectivity index (χ0) is 21.8. The molecule has 0 saturated heterocycles. The first-order valence-electron chi connectivity index (χ1n) is 10.1. The predicted octanol–water partition coefficient (Wildman–Crippen LogP) is 3.70. The van der Waals surface area contributed by atoms with E-state index in [1.54, 1.807) is 30.1 Å². The minimum Gasteiger partial charge on any atom is -0.493 e. The van der Waals surface area contributed by atoms with Crippen molar-refractivity contribution in [2.45, 2.75) is 12.8 Å². The Hall–Kier alpha value is -3.55. The maximum atomic E-state index is 13.4. The summed E-state index contributed by atoms with van der Waals surface area (Å²) in [6.07, 6.45) is 1.46. The molecule has 0 bridgehead atoms. The number of aromatic nitrogens is 2. The largest absolute Gasteiger partial charge is 0.493 e. The van der Waals surface area contributed by atoms with E-state index in [0.717, 1.165) is 17.7 Å². The number of aromatic amines is 1. The summed E-state index contributed by atoms with van der Waals surface area (Å²) in [7, 11) is 3.30. The van der Waals surface area contributed by atoms with Crippen molar-refractivity contribution in [2.75, 3.05) is 33.9 Å². The fraction of sp³-hybridized carbons (Fsp3) is 0.304. The molecule has 1 amide bonds. The molecule has 0 fully saturated rings. The number of amides is 1. The molecule has 0 aliphatic carbocycles. The van der Waals surface area contributed by atoms with Crippen LogP contribution in [0.4, 0.5) is 4.39 Å². The van der Waals surface area contributed by atoms with Gasteiger partial charge in [0.15, 0.2) is 11.5 Å². The summed E-state index contributed by atoms with van der Waals surface area (Å²) in [5.74, 6) is 1.11. The first-order chi connectivity index (χ1) is 15.0. The van der Waals surface area contributed by atoms with E-state index in [4.69, 9.17) is 14.2 Å². The first-order valence-corrected chi connectivity index (χ1v) is 10.1. The number of hydrogen-bond donors (Lipinski definition) is 1. The van der Waals surface area contributed by atoms with Crippen molar-refractivity contribution in [3.63, 3.8) is 0 Å². The molecule has 162 valence electrons. The average Bonchev–Trinajstić information content (AvgIpc) is 3.26. The summed E-state index contributed by atoms with van der Waals surface area (Å²) in [6, 6.07) is 11.6. The number of carbonyl (C=O) groups excluding carboxylic acids is 1. The third kappa shape index (κ3) is 4.63. The molecule has 1 N–H and O–H groups in total. The van der Waals surface area contributed by atoms with E-state index in [1.807, 2.05) is 12.1 Å². The van der Waals surface area contributed by atoms with E-state index in [0.29, 0.717) is 54.7 Å². The fourth-order valence-electron chi connectivity index (χ4n) is 3.51. The Morgan fingerprint density at radius 2 is 2.06 bits per heavy atom. The van der Waals surface area contributed by atoms with Gasteiger partial charge in [0.2, 0.25) is 5.75 Å². The smallest absolute Gasteiger partial charge is 0.253 e. The minimum absolute atomic E-state index is 0.125. The molecule has 0 unspecified atom stereocenters. The summed E-state index contributed by atoms with van der Waals surface area (Å²) in [5.41, 5.74) is 2.84. The third-order valence-electron chi connectivity index (χ3n) is 5.11. The Bertz CT molecular complexity index is 1070. The number of nitrogens with zero attached hydrogens (tertiary/aromatic N) is 2. The highest BCUT2D eigenvalue weighted by Crippen LogP contribution is 2.40. The maximum absolute atomic E-state index is 13.4. The van der Waals surface area contributed by atoms with Gasteiger partial charge in [0.05, 0.1) is 12.8 Å². The van der Waals surface area contributed by atoms with Crippen LogP contribution in [0.5, 0.6) is 17.2 Å². The van der Waals surface area contributed by atoms with Gasteiger partial charge in [-0.15, -0.1) is 0 Å². The highest BCUT2D eigenvalue weighted by molar-refractivity contribution is 5.95. The van der Waals surface area contributed by atoms with Gasteiger partial charge in [0, 0.05) is 30.4 Å². The second-order valence-corrected chi connectivity index (χ2v) is 7.32. The van der Waals surface area contributed by atoms with E-state index in [-0.39, 0.29) is 11.7 Å². The second-order valence-electron chi connectivity index (χ2n) is 7.32. The SMILES string of the molecule is COc1cc(C(=O)N(C)CCCc2cc(-c3cccc(F)c3)n[nH]2)cc2c1OCCO2. The number of fused-ring (bicyclic) bond motifs is 1. The number of ether oxygens (including phenoxy) is 3. The number of nitrogens with one attached hydrogen (secondary N) is 1. The lowest BCUT2D eigenvalue weighted by atomic mass is 10.1. The molecule has 3 aromatic rings. The van der Waals surface area contributed by atoms with Crippen molar-refractivity contribution >= 4 is 5.91 Å². The van der Waals surface area contributed by atoms with Crippen molar-refractivity contribution in [2.24, 2.45) is 0 Å². The van der Waals surface area contributed by atoms with E-state index < -0.39 is 0 Å². The molecule has 2 aromatic carbocycles. The second kappa shape index (κ2) is 9.07. The van der Waals surface area contributed by atoms with Gasteiger partial charge >= 0.3 is 0 Å². The Morgan fingerprint density at radius 1 is 1.23 bits per heavy atom. The molecule has 1 aliphatic rings. The number of halogens is 1. The van der Waals surface area contributed by atoms with Gasteiger partial charge in [-0.3, -0.25) is 9.89 Å². The van der Waals surface area contributed by atoms with Crippen molar-refractivity contribution < 1.29 is 23.4 Å². The topological polar surface area (TPSA) is 76.7 Å². The molecule has 1 aliphatic heterocycles. The number of rotatable bonds is 7. The molecule has 31 heavy (non-hydrogen) atoms. The van der Waals surface area contributed by atoms with Crippen LogP contribution in [-0.2, 0) is 6.42 Å².